The highest BCUT2D eigenvalue weighted by molar-refractivity contribution is 7.89. The van der Waals surface area contributed by atoms with Crippen LogP contribution in [0.15, 0.2) is 41.3 Å². The van der Waals surface area contributed by atoms with Crippen LogP contribution >= 0.6 is 11.6 Å². The first-order chi connectivity index (χ1) is 11.7. The number of anilines is 1. The van der Waals surface area contributed by atoms with Crippen molar-refractivity contribution in [2.45, 2.75) is 18.7 Å². The largest absolute Gasteiger partial charge is 0.497 e. The van der Waals surface area contributed by atoms with E-state index in [2.05, 4.69) is 10.0 Å². The quantitative estimate of drug-likeness (QED) is 0.804. The van der Waals surface area contributed by atoms with Gasteiger partial charge in [-0.1, -0.05) is 17.7 Å². The highest BCUT2D eigenvalue weighted by Gasteiger charge is 2.18. The van der Waals surface area contributed by atoms with Gasteiger partial charge in [0.15, 0.2) is 0 Å². The van der Waals surface area contributed by atoms with Crippen LogP contribution in [0.25, 0.3) is 0 Å². The monoisotopic (exact) mass is 382 g/mol. The summed E-state index contributed by atoms with van der Waals surface area (Å²) in [4.78, 5) is 12.1. The van der Waals surface area contributed by atoms with Crippen molar-refractivity contribution in [3.8, 4) is 5.75 Å². The molecule has 0 fully saturated rings. The number of hydrogen-bond donors (Lipinski definition) is 2. The van der Waals surface area contributed by atoms with Crippen LogP contribution in [0.4, 0.5) is 5.69 Å². The van der Waals surface area contributed by atoms with E-state index in [-0.39, 0.29) is 11.4 Å². The molecule has 6 nitrogen and oxygen atoms in total. The van der Waals surface area contributed by atoms with Crippen molar-refractivity contribution in [3.63, 3.8) is 0 Å². The van der Waals surface area contributed by atoms with E-state index in [4.69, 9.17) is 16.3 Å². The van der Waals surface area contributed by atoms with E-state index in [1.54, 1.807) is 44.2 Å². The third-order valence-corrected chi connectivity index (χ3v) is 5.61. The molecule has 134 valence electrons. The maximum Gasteiger partial charge on any atom is 0.241 e. The van der Waals surface area contributed by atoms with Gasteiger partial charge < -0.3 is 10.1 Å². The Hall–Kier alpha value is -2.09. The molecule has 0 saturated heterocycles. The topological polar surface area (TPSA) is 84.5 Å². The number of ether oxygens (including phenoxy) is 1. The van der Waals surface area contributed by atoms with Crippen molar-refractivity contribution in [3.05, 3.63) is 52.5 Å². The highest BCUT2D eigenvalue weighted by atomic mass is 35.5. The smallest absolute Gasteiger partial charge is 0.241 e. The molecule has 25 heavy (non-hydrogen) atoms. The van der Waals surface area contributed by atoms with Crippen molar-refractivity contribution >= 4 is 33.2 Å². The van der Waals surface area contributed by atoms with Crippen molar-refractivity contribution in [2.75, 3.05) is 19.0 Å². The van der Waals surface area contributed by atoms with Crippen molar-refractivity contribution < 1.29 is 17.9 Å². The first-order valence-corrected chi connectivity index (χ1v) is 9.30. The van der Waals surface area contributed by atoms with Crippen LogP contribution in [0.1, 0.15) is 11.1 Å². The standard InChI is InChI=1S/C17H19ClN2O4S/c1-11-9-13(24-3)7-8-16(11)25(22,23)19-10-17(21)20-15-6-4-5-14(18)12(15)2/h4-9,19H,10H2,1-3H3,(H,20,21). The number of aryl methyl sites for hydroxylation is 1. The molecule has 0 heterocycles. The Morgan fingerprint density at radius 2 is 1.92 bits per heavy atom. The van der Waals surface area contributed by atoms with E-state index in [1.807, 2.05) is 0 Å². The number of benzene rings is 2. The fourth-order valence-electron chi connectivity index (χ4n) is 2.23. The third-order valence-electron chi connectivity index (χ3n) is 3.64. The molecule has 1 amide bonds. The van der Waals surface area contributed by atoms with Crippen LogP contribution in [0.2, 0.25) is 5.02 Å². The molecule has 0 radical (unpaired) electrons. The Morgan fingerprint density at radius 3 is 2.56 bits per heavy atom. The Balaban J connectivity index is 2.06. The first-order valence-electron chi connectivity index (χ1n) is 7.44. The van der Waals surface area contributed by atoms with Gasteiger partial charge in [-0.25, -0.2) is 13.1 Å². The zero-order valence-corrected chi connectivity index (χ0v) is 15.7. The van der Waals surface area contributed by atoms with Crippen molar-refractivity contribution in [2.24, 2.45) is 0 Å². The van der Waals surface area contributed by atoms with Crippen LogP contribution in [0, 0.1) is 13.8 Å². The van der Waals surface area contributed by atoms with E-state index in [9.17, 15) is 13.2 Å². The van der Waals surface area contributed by atoms with E-state index >= 15 is 0 Å². The Labute approximate surface area is 152 Å². The van der Waals surface area contributed by atoms with Crippen molar-refractivity contribution in [1.82, 2.24) is 4.72 Å². The lowest BCUT2D eigenvalue weighted by molar-refractivity contribution is -0.115. The number of nitrogens with one attached hydrogen (secondary N) is 2. The summed E-state index contributed by atoms with van der Waals surface area (Å²) in [6.45, 7) is 3.04. The Kier molecular flexibility index (Phi) is 6.05. The summed E-state index contributed by atoms with van der Waals surface area (Å²) < 4.78 is 32.1. The number of carbonyl (C=O) groups is 1. The van der Waals surface area contributed by atoms with E-state index in [0.29, 0.717) is 27.6 Å². The highest BCUT2D eigenvalue weighted by Crippen LogP contribution is 2.23. The summed E-state index contributed by atoms with van der Waals surface area (Å²) in [5.41, 5.74) is 1.78. The van der Waals surface area contributed by atoms with Gasteiger partial charge >= 0.3 is 0 Å². The minimum atomic E-state index is -3.81. The summed E-state index contributed by atoms with van der Waals surface area (Å²) in [7, 11) is -2.31. The number of methoxy groups -OCH3 is 1. The zero-order chi connectivity index (χ0) is 18.6. The number of rotatable bonds is 6. The van der Waals surface area contributed by atoms with E-state index < -0.39 is 15.9 Å². The average Bonchev–Trinajstić information content (AvgIpc) is 2.57. The van der Waals surface area contributed by atoms with E-state index in [1.165, 1.54) is 13.2 Å². The molecule has 2 aromatic carbocycles. The van der Waals surface area contributed by atoms with Gasteiger partial charge in [-0.15, -0.1) is 0 Å². The Morgan fingerprint density at radius 1 is 1.20 bits per heavy atom. The van der Waals surface area contributed by atoms with Gasteiger partial charge in [0.2, 0.25) is 15.9 Å². The molecule has 2 aromatic rings. The lowest BCUT2D eigenvalue weighted by Gasteiger charge is -2.12. The molecule has 2 N–H and O–H groups in total. The number of amides is 1. The molecule has 2 rings (SSSR count). The van der Waals surface area contributed by atoms with Gasteiger partial charge in [-0.05, 0) is 55.3 Å². The summed E-state index contributed by atoms with van der Waals surface area (Å²) in [5, 5.41) is 3.16. The van der Waals surface area contributed by atoms with E-state index in [0.717, 1.165) is 0 Å². The predicted octanol–water partition coefficient (Wildman–Crippen LogP) is 2.88. The molecule has 0 bridgehead atoms. The number of halogens is 1. The van der Waals surface area contributed by atoms with Gasteiger partial charge in [-0.2, -0.15) is 0 Å². The minimum Gasteiger partial charge on any atom is -0.497 e. The van der Waals surface area contributed by atoms with Crippen LogP contribution in [-0.2, 0) is 14.8 Å². The summed E-state index contributed by atoms with van der Waals surface area (Å²) >= 11 is 6.00. The maximum absolute atomic E-state index is 12.4. The third kappa shape index (κ3) is 4.72. The van der Waals surface area contributed by atoms with Gasteiger partial charge in [0, 0.05) is 10.7 Å². The summed E-state index contributed by atoms with van der Waals surface area (Å²) in [6.07, 6.45) is 0. The van der Waals surface area contributed by atoms with Crippen LogP contribution < -0.4 is 14.8 Å². The first kappa shape index (κ1) is 19.2. The van der Waals surface area contributed by atoms with Crippen LogP contribution in [0.5, 0.6) is 5.75 Å². The molecular formula is C17H19ClN2O4S. The van der Waals surface area contributed by atoms with Gasteiger partial charge in [0.1, 0.15) is 5.75 Å². The van der Waals surface area contributed by atoms with Crippen LogP contribution in [0.3, 0.4) is 0 Å². The SMILES string of the molecule is COc1ccc(S(=O)(=O)NCC(=O)Nc2cccc(Cl)c2C)c(C)c1. The molecule has 0 saturated carbocycles. The normalized spacial score (nSPS) is 11.2. The summed E-state index contributed by atoms with van der Waals surface area (Å²) in [5.74, 6) is 0.0748. The van der Waals surface area contributed by atoms with Crippen molar-refractivity contribution in [1.29, 1.82) is 0 Å². The zero-order valence-electron chi connectivity index (χ0n) is 14.1. The number of hydrogen-bond acceptors (Lipinski definition) is 4. The molecule has 0 spiro atoms. The number of sulfonamides is 1. The molecule has 0 atom stereocenters. The second-order valence-electron chi connectivity index (χ2n) is 5.42. The summed E-state index contributed by atoms with van der Waals surface area (Å²) in [6, 6.07) is 9.72. The predicted molar refractivity (Wildman–Crippen MR) is 97.7 cm³/mol. The fourth-order valence-corrected chi connectivity index (χ4v) is 3.61. The second-order valence-corrected chi connectivity index (χ2v) is 7.56. The molecule has 0 unspecified atom stereocenters. The molecule has 0 aromatic heterocycles. The van der Waals surface area contributed by atoms with Crippen LogP contribution in [-0.4, -0.2) is 28.0 Å². The fraction of sp³-hybridized carbons (Fsp3) is 0.235. The van der Waals surface area contributed by atoms with Gasteiger partial charge in [0.25, 0.3) is 0 Å². The minimum absolute atomic E-state index is 0.0973. The lowest BCUT2D eigenvalue weighted by atomic mass is 10.2. The Bertz CT molecular complexity index is 898. The maximum atomic E-state index is 12.4. The number of carbonyl (C=O) groups excluding carboxylic acids is 1. The van der Waals surface area contributed by atoms with Gasteiger partial charge in [0.05, 0.1) is 18.6 Å². The molecule has 8 heteroatoms. The molecule has 0 aliphatic rings. The molecule has 0 aliphatic carbocycles. The van der Waals surface area contributed by atoms with Gasteiger partial charge in [-0.3, -0.25) is 4.79 Å². The second kappa shape index (κ2) is 7.86. The molecular weight excluding hydrogens is 364 g/mol. The average molecular weight is 383 g/mol. The lowest BCUT2D eigenvalue weighted by Crippen LogP contribution is -2.33. The molecule has 0 aliphatic heterocycles.